The minimum Gasteiger partial charge on any atom is -0.507 e. The van der Waals surface area contributed by atoms with Crippen LogP contribution in [0.5, 0.6) is 5.75 Å². The first kappa shape index (κ1) is 14.6. The van der Waals surface area contributed by atoms with E-state index in [-0.39, 0.29) is 11.7 Å². The maximum atomic E-state index is 11.8. The maximum absolute atomic E-state index is 11.8. The highest BCUT2D eigenvalue weighted by Crippen LogP contribution is 2.23. The van der Waals surface area contributed by atoms with Crippen LogP contribution in [0.15, 0.2) is 52.0 Å². The summed E-state index contributed by atoms with van der Waals surface area (Å²) in [5.41, 5.74) is 3.57. The van der Waals surface area contributed by atoms with Crippen molar-refractivity contribution in [2.45, 2.75) is 0 Å². The van der Waals surface area contributed by atoms with E-state index in [4.69, 9.17) is 11.6 Å². The van der Waals surface area contributed by atoms with E-state index in [1.807, 2.05) is 0 Å². The van der Waals surface area contributed by atoms with Gasteiger partial charge in [-0.25, -0.2) is 5.43 Å². The van der Waals surface area contributed by atoms with Crippen LogP contribution in [0.25, 0.3) is 0 Å². The fourth-order valence-corrected chi connectivity index (χ4v) is 2.05. The fraction of sp³-hybridized carbons (Fsp3) is 0. The lowest BCUT2D eigenvalue weighted by Gasteiger charge is -2.01. The third-order valence-corrected chi connectivity index (χ3v) is 3.31. The van der Waals surface area contributed by atoms with Gasteiger partial charge in [-0.3, -0.25) is 4.79 Å². The molecule has 2 N–H and O–H groups in total. The summed E-state index contributed by atoms with van der Waals surface area (Å²) in [6.45, 7) is 0. The number of carbonyl (C=O) groups is 1. The summed E-state index contributed by atoms with van der Waals surface area (Å²) < 4.78 is 0.558. The standard InChI is InChI=1S/C14H10BrClN2O2/c15-12-6-9(4-5-13(12)19)8-17-18-14(20)10-2-1-3-11(16)7-10/h1-8,19H,(H,18,20)/b17-8-. The molecule has 0 bridgehead atoms. The second-order valence-electron chi connectivity index (χ2n) is 3.92. The van der Waals surface area contributed by atoms with E-state index in [1.165, 1.54) is 12.3 Å². The van der Waals surface area contributed by atoms with Gasteiger partial charge in [0.2, 0.25) is 0 Å². The number of hydrazone groups is 1. The normalized spacial score (nSPS) is 10.7. The Labute approximate surface area is 129 Å². The molecule has 2 rings (SSSR count). The smallest absolute Gasteiger partial charge is 0.271 e. The number of carbonyl (C=O) groups excluding carboxylic acids is 1. The molecule has 0 atom stereocenters. The Hall–Kier alpha value is -1.85. The molecule has 2 aromatic rings. The molecule has 0 aromatic heterocycles. The predicted molar refractivity (Wildman–Crippen MR) is 82.3 cm³/mol. The van der Waals surface area contributed by atoms with Gasteiger partial charge >= 0.3 is 0 Å². The molecule has 1 amide bonds. The highest BCUT2D eigenvalue weighted by Gasteiger charge is 2.04. The van der Waals surface area contributed by atoms with E-state index in [0.29, 0.717) is 15.1 Å². The quantitative estimate of drug-likeness (QED) is 0.654. The number of hydrogen-bond donors (Lipinski definition) is 2. The lowest BCUT2D eigenvalue weighted by atomic mass is 10.2. The Kier molecular flexibility index (Phi) is 4.76. The summed E-state index contributed by atoms with van der Waals surface area (Å²) in [7, 11) is 0. The number of rotatable bonds is 3. The third kappa shape index (κ3) is 3.82. The van der Waals surface area contributed by atoms with Crippen LogP contribution in [-0.2, 0) is 0 Å². The lowest BCUT2D eigenvalue weighted by Crippen LogP contribution is -2.17. The molecule has 0 heterocycles. The second kappa shape index (κ2) is 6.54. The Balaban J connectivity index is 2.02. The molecule has 0 saturated heterocycles. The second-order valence-corrected chi connectivity index (χ2v) is 5.21. The molecular weight excluding hydrogens is 344 g/mol. The van der Waals surface area contributed by atoms with Gasteiger partial charge in [0.25, 0.3) is 5.91 Å². The van der Waals surface area contributed by atoms with Gasteiger partial charge in [0, 0.05) is 10.6 Å². The molecule has 20 heavy (non-hydrogen) atoms. The van der Waals surface area contributed by atoms with Crippen LogP contribution in [0.3, 0.4) is 0 Å². The largest absolute Gasteiger partial charge is 0.507 e. The molecule has 0 saturated carbocycles. The van der Waals surface area contributed by atoms with E-state index >= 15 is 0 Å². The lowest BCUT2D eigenvalue weighted by molar-refractivity contribution is 0.0955. The molecule has 102 valence electrons. The molecule has 0 spiro atoms. The van der Waals surface area contributed by atoms with Gasteiger partial charge in [0.05, 0.1) is 10.7 Å². The zero-order valence-corrected chi connectivity index (χ0v) is 12.5. The zero-order chi connectivity index (χ0) is 14.5. The van der Waals surface area contributed by atoms with Crippen molar-refractivity contribution in [3.63, 3.8) is 0 Å². The first-order valence-corrected chi connectivity index (χ1v) is 6.81. The van der Waals surface area contributed by atoms with Crippen molar-refractivity contribution in [3.8, 4) is 5.75 Å². The molecule has 0 aliphatic carbocycles. The average Bonchev–Trinajstić information content (AvgIpc) is 2.42. The van der Waals surface area contributed by atoms with Gasteiger partial charge in [-0.1, -0.05) is 17.7 Å². The topological polar surface area (TPSA) is 61.7 Å². The Morgan fingerprint density at radius 1 is 1.30 bits per heavy atom. The highest BCUT2D eigenvalue weighted by molar-refractivity contribution is 9.10. The van der Waals surface area contributed by atoms with Crippen molar-refractivity contribution < 1.29 is 9.90 Å². The summed E-state index contributed by atoms with van der Waals surface area (Å²) >= 11 is 9.00. The maximum Gasteiger partial charge on any atom is 0.271 e. The number of nitrogens with one attached hydrogen (secondary N) is 1. The van der Waals surface area contributed by atoms with Crippen LogP contribution in [0.4, 0.5) is 0 Å². The average molecular weight is 354 g/mol. The number of phenols is 1. The number of halogens is 2. The summed E-state index contributed by atoms with van der Waals surface area (Å²) in [4.78, 5) is 11.8. The number of amides is 1. The zero-order valence-electron chi connectivity index (χ0n) is 10.2. The summed E-state index contributed by atoms with van der Waals surface area (Å²) in [6, 6.07) is 11.5. The summed E-state index contributed by atoms with van der Waals surface area (Å²) in [6.07, 6.45) is 1.48. The van der Waals surface area contributed by atoms with Crippen LogP contribution in [0.2, 0.25) is 5.02 Å². The molecule has 0 unspecified atom stereocenters. The van der Waals surface area contributed by atoms with Gasteiger partial charge in [-0.2, -0.15) is 5.10 Å². The van der Waals surface area contributed by atoms with E-state index in [0.717, 1.165) is 5.56 Å². The monoisotopic (exact) mass is 352 g/mol. The SMILES string of the molecule is O=C(N/N=C\c1ccc(O)c(Br)c1)c1cccc(Cl)c1. The first-order chi connectivity index (χ1) is 9.56. The van der Waals surface area contributed by atoms with Crippen molar-refractivity contribution in [3.05, 3.63) is 63.1 Å². The minimum absolute atomic E-state index is 0.144. The van der Waals surface area contributed by atoms with Gasteiger partial charge in [-0.05, 0) is 57.9 Å². The number of nitrogens with zero attached hydrogens (tertiary/aromatic N) is 1. The molecule has 0 radical (unpaired) electrons. The highest BCUT2D eigenvalue weighted by atomic mass is 79.9. The first-order valence-electron chi connectivity index (χ1n) is 5.64. The Morgan fingerprint density at radius 2 is 2.10 bits per heavy atom. The van der Waals surface area contributed by atoms with Crippen molar-refractivity contribution in [2.75, 3.05) is 0 Å². The minimum atomic E-state index is -0.346. The van der Waals surface area contributed by atoms with Gasteiger partial charge in [0.15, 0.2) is 0 Å². The molecule has 4 nitrogen and oxygen atoms in total. The predicted octanol–water partition coefficient (Wildman–Crippen LogP) is 3.57. The molecule has 0 fully saturated rings. The fourth-order valence-electron chi connectivity index (χ4n) is 1.46. The van der Waals surface area contributed by atoms with Crippen molar-refractivity contribution >= 4 is 39.7 Å². The van der Waals surface area contributed by atoms with Crippen molar-refractivity contribution in [1.82, 2.24) is 5.43 Å². The van der Waals surface area contributed by atoms with Crippen LogP contribution >= 0.6 is 27.5 Å². The third-order valence-electron chi connectivity index (χ3n) is 2.44. The van der Waals surface area contributed by atoms with Crippen LogP contribution in [0, 0.1) is 0 Å². The summed E-state index contributed by atoms with van der Waals surface area (Å²) in [5, 5.41) is 13.7. The van der Waals surface area contributed by atoms with Gasteiger partial charge < -0.3 is 5.11 Å². The molecule has 0 aliphatic rings. The van der Waals surface area contributed by atoms with E-state index < -0.39 is 0 Å². The molecule has 6 heteroatoms. The summed E-state index contributed by atoms with van der Waals surface area (Å²) in [5.74, 6) is -0.202. The van der Waals surface area contributed by atoms with E-state index in [9.17, 15) is 9.90 Å². The van der Waals surface area contributed by atoms with E-state index in [2.05, 4.69) is 26.5 Å². The van der Waals surface area contributed by atoms with Crippen LogP contribution in [-0.4, -0.2) is 17.2 Å². The molecule has 2 aromatic carbocycles. The van der Waals surface area contributed by atoms with E-state index in [1.54, 1.807) is 36.4 Å². The molecule has 0 aliphatic heterocycles. The number of hydrogen-bond acceptors (Lipinski definition) is 3. The number of phenolic OH excluding ortho intramolecular Hbond substituents is 1. The van der Waals surface area contributed by atoms with Crippen LogP contribution < -0.4 is 5.43 Å². The van der Waals surface area contributed by atoms with Gasteiger partial charge in [-0.15, -0.1) is 0 Å². The van der Waals surface area contributed by atoms with Gasteiger partial charge in [0.1, 0.15) is 5.75 Å². The molecular formula is C14H10BrClN2O2. The Bertz CT molecular complexity index is 674. The Morgan fingerprint density at radius 3 is 2.80 bits per heavy atom. The van der Waals surface area contributed by atoms with Crippen LogP contribution in [0.1, 0.15) is 15.9 Å². The number of benzene rings is 2. The number of aromatic hydroxyl groups is 1. The van der Waals surface area contributed by atoms with Crippen molar-refractivity contribution in [1.29, 1.82) is 0 Å². The van der Waals surface area contributed by atoms with Crippen molar-refractivity contribution in [2.24, 2.45) is 5.10 Å².